The molecule has 3 atom stereocenters. The molecule has 0 spiro atoms. The maximum atomic E-state index is 12.5. The fourth-order valence-corrected chi connectivity index (χ4v) is 3.39. The Hall–Kier alpha value is -1.72. The van der Waals surface area contributed by atoms with Gasteiger partial charge in [0.2, 0.25) is 0 Å². The molecule has 25 heavy (non-hydrogen) atoms. The van der Waals surface area contributed by atoms with Crippen molar-refractivity contribution >= 4 is 23.6 Å². The first-order valence-electron chi connectivity index (χ1n) is 8.51. The average molecular weight is 369 g/mol. The van der Waals surface area contributed by atoms with Crippen LogP contribution in [0.1, 0.15) is 54.9 Å². The number of carbonyl (C=O) groups is 1. The maximum Gasteiger partial charge on any atom is 0.342 e. The van der Waals surface area contributed by atoms with E-state index in [1.165, 1.54) is 13.2 Å². The highest BCUT2D eigenvalue weighted by Gasteiger charge is 2.23. The molecule has 1 unspecified atom stereocenters. The minimum atomic E-state index is -0.603. The van der Waals surface area contributed by atoms with Crippen LogP contribution in [0.2, 0.25) is 0 Å². The number of esters is 1. The molecule has 0 bridgehead atoms. The van der Waals surface area contributed by atoms with Gasteiger partial charge in [-0.1, -0.05) is 12.2 Å². The molecule has 0 radical (unpaired) electrons. The van der Waals surface area contributed by atoms with E-state index in [4.69, 9.17) is 21.1 Å². The lowest BCUT2D eigenvalue weighted by atomic mass is 10.0. The lowest BCUT2D eigenvalue weighted by Crippen LogP contribution is -2.22. The third-order valence-corrected chi connectivity index (χ3v) is 4.55. The summed E-state index contributed by atoms with van der Waals surface area (Å²) in [7, 11) is 1.50. The van der Waals surface area contributed by atoms with E-state index in [2.05, 4.69) is 0 Å². The van der Waals surface area contributed by atoms with Crippen molar-refractivity contribution in [2.75, 3.05) is 7.11 Å². The van der Waals surface area contributed by atoms with Gasteiger partial charge < -0.3 is 19.7 Å². The van der Waals surface area contributed by atoms with Gasteiger partial charge in [0.1, 0.15) is 23.2 Å². The number of fused-ring (bicyclic) bond motifs is 1. The van der Waals surface area contributed by atoms with Crippen LogP contribution in [-0.4, -0.2) is 40.9 Å². The molecule has 1 aliphatic heterocycles. The molecule has 1 aliphatic rings. The van der Waals surface area contributed by atoms with Gasteiger partial charge >= 0.3 is 5.97 Å². The minimum Gasteiger partial charge on any atom is -0.507 e. The number of carbonyl (C=O) groups excluding carboxylic acids is 1. The Morgan fingerprint density at radius 3 is 2.80 bits per heavy atom. The quantitative estimate of drug-likeness (QED) is 0.581. The Bertz CT molecular complexity index is 628. The van der Waals surface area contributed by atoms with Gasteiger partial charge in [0.15, 0.2) is 0 Å². The number of allylic oxidation sites excluding steroid dienone is 1. The van der Waals surface area contributed by atoms with Crippen molar-refractivity contribution in [1.82, 2.24) is 0 Å². The van der Waals surface area contributed by atoms with E-state index in [1.807, 2.05) is 6.08 Å². The summed E-state index contributed by atoms with van der Waals surface area (Å²) < 4.78 is 10.6. The minimum absolute atomic E-state index is 0.118. The number of aromatic hydroxyl groups is 1. The number of ether oxygens (including phenoxy) is 2. The first kappa shape index (κ1) is 19.6. The van der Waals surface area contributed by atoms with Gasteiger partial charge in [-0.15, -0.1) is 11.6 Å². The first-order valence-corrected chi connectivity index (χ1v) is 8.95. The van der Waals surface area contributed by atoms with E-state index < -0.39 is 18.2 Å². The lowest BCUT2D eigenvalue weighted by molar-refractivity contribution is 0.0310. The Labute approximate surface area is 153 Å². The number of benzene rings is 1. The number of hydrogen-bond acceptors (Lipinski definition) is 5. The molecule has 0 amide bonds. The summed E-state index contributed by atoms with van der Waals surface area (Å²) in [5, 5.41) is 20.0. The van der Waals surface area contributed by atoms with Crippen molar-refractivity contribution in [2.24, 2.45) is 0 Å². The van der Waals surface area contributed by atoms with Crippen LogP contribution < -0.4 is 4.74 Å². The Morgan fingerprint density at radius 1 is 1.32 bits per heavy atom. The van der Waals surface area contributed by atoms with E-state index in [0.717, 1.165) is 12.8 Å². The first-order chi connectivity index (χ1) is 11.9. The Kier molecular flexibility index (Phi) is 7.14. The maximum absolute atomic E-state index is 12.5. The topological polar surface area (TPSA) is 76.0 Å². The standard InChI is InChI=1S/C19H25ClO5/c1-12-8-14(20)10-15(21)7-5-3-4-6-13-9-16(24-2)11-17(22)18(13)19(23)25-12/h4,6,9,11-12,14-15,21-22H,3,5,7-8,10H2,1-2H3/b6-4+/t12-,14+,15?/m0/s1. The largest absolute Gasteiger partial charge is 0.507 e. The highest BCUT2D eigenvalue weighted by Crippen LogP contribution is 2.30. The summed E-state index contributed by atoms with van der Waals surface area (Å²) >= 11 is 6.26. The molecule has 1 aromatic carbocycles. The van der Waals surface area contributed by atoms with E-state index in [1.54, 1.807) is 19.1 Å². The van der Waals surface area contributed by atoms with Crippen molar-refractivity contribution in [1.29, 1.82) is 0 Å². The van der Waals surface area contributed by atoms with Crippen LogP contribution in [0.15, 0.2) is 18.2 Å². The van der Waals surface area contributed by atoms with Crippen LogP contribution in [0, 0.1) is 0 Å². The van der Waals surface area contributed by atoms with Crippen molar-refractivity contribution in [2.45, 2.75) is 56.6 Å². The zero-order valence-electron chi connectivity index (χ0n) is 14.6. The van der Waals surface area contributed by atoms with E-state index in [-0.39, 0.29) is 16.7 Å². The fraction of sp³-hybridized carbons (Fsp3) is 0.526. The van der Waals surface area contributed by atoms with Crippen molar-refractivity contribution < 1.29 is 24.5 Å². The normalized spacial score (nSPS) is 26.9. The SMILES string of the molecule is COc1cc(O)c2c(c1)/C=C/CCCC(O)C[C@H](Cl)C[C@H](C)OC2=O. The third kappa shape index (κ3) is 5.65. The summed E-state index contributed by atoms with van der Waals surface area (Å²) in [6, 6.07) is 3.07. The number of methoxy groups -OCH3 is 1. The van der Waals surface area contributed by atoms with Crippen LogP contribution in [0.25, 0.3) is 6.08 Å². The van der Waals surface area contributed by atoms with Gasteiger partial charge in [-0.05, 0) is 44.2 Å². The van der Waals surface area contributed by atoms with E-state index >= 15 is 0 Å². The Balaban J connectivity index is 2.34. The Morgan fingerprint density at radius 2 is 2.08 bits per heavy atom. The number of aliphatic hydroxyl groups excluding tert-OH is 1. The molecule has 0 aliphatic carbocycles. The second kappa shape index (κ2) is 9.11. The number of aliphatic hydroxyl groups is 1. The molecule has 138 valence electrons. The summed E-state index contributed by atoms with van der Waals surface area (Å²) in [5.41, 5.74) is 0.654. The zero-order valence-corrected chi connectivity index (χ0v) is 15.3. The van der Waals surface area contributed by atoms with Gasteiger partial charge in [-0.3, -0.25) is 0 Å². The second-order valence-electron chi connectivity index (χ2n) is 6.38. The predicted octanol–water partition coefficient (Wildman–Crippen LogP) is 3.89. The van der Waals surface area contributed by atoms with E-state index in [9.17, 15) is 15.0 Å². The molecule has 0 saturated carbocycles. The molecule has 1 aromatic rings. The summed E-state index contributed by atoms with van der Waals surface area (Å²) in [5.74, 6) is -0.325. The van der Waals surface area contributed by atoms with Crippen molar-refractivity contribution in [3.63, 3.8) is 0 Å². The summed E-state index contributed by atoms with van der Waals surface area (Å²) in [6.45, 7) is 1.75. The number of alkyl halides is 1. The number of cyclic esters (lactones) is 1. The predicted molar refractivity (Wildman–Crippen MR) is 97.3 cm³/mol. The van der Waals surface area contributed by atoms with Crippen LogP contribution >= 0.6 is 11.6 Å². The van der Waals surface area contributed by atoms with Gasteiger partial charge in [0.05, 0.1) is 13.2 Å². The molecule has 0 fully saturated rings. The highest BCUT2D eigenvalue weighted by molar-refractivity contribution is 6.20. The van der Waals surface area contributed by atoms with Gasteiger partial charge in [-0.25, -0.2) is 4.79 Å². The van der Waals surface area contributed by atoms with Gasteiger partial charge in [-0.2, -0.15) is 0 Å². The van der Waals surface area contributed by atoms with Gasteiger partial charge in [0.25, 0.3) is 0 Å². The monoisotopic (exact) mass is 368 g/mol. The van der Waals surface area contributed by atoms with Crippen LogP contribution in [0.5, 0.6) is 11.5 Å². The van der Waals surface area contributed by atoms with Crippen molar-refractivity contribution in [3.05, 3.63) is 29.3 Å². The number of phenols is 1. The van der Waals surface area contributed by atoms with Crippen LogP contribution in [0.4, 0.5) is 0 Å². The lowest BCUT2D eigenvalue weighted by Gasteiger charge is -2.20. The smallest absolute Gasteiger partial charge is 0.342 e. The van der Waals surface area contributed by atoms with E-state index in [0.29, 0.717) is 30.6 Å². The number of hydrogen-bond donors (Lipinski definition) is 2. The molecule has 0 aromatic heterocycles. The molecule has 5 nitrogen and oxygen atoms in total. The van der Waals surface area contributed by atoms with Crippen LogP contribution in [-0.2, 0) is 4.74 Å². The second-order valence-corrected chi connectivity index (χ2v) is 7.00. The molecule has 1 heterocycles. The molecular weight excluding hydrogens is 344 g/mol. The molecule has 2 rings (SSSR count). The number of halogens is 1. The fourth-order valence-electron chi connectivity index (χ4n) is 2.93. The number of rotatable bonds is 1. The molecular formula is C19H25ClO5. The summed E-state index contributed by atoms with van der Waals surface area (Å²) in [4.78, 5) is 12.5. The highest BCUT2D eigenvalue weighted by atomic mass is 35.5. The average Bonchev–Trinajstić information content (AvgIpc) is 2.52. The van der Waals surface area contributed by atoms with Crippen molar-refractivity contribution in [3.8, 4) is 11.5 Å². The summed E-state index contributed by atoms with van der Waals surface area (Å²) in [6.07, 6.45) is 5.91. The molecule has 0 saturated heterocycles. The van der Waals surface area contributed by atoms with Gasteiger partial charge in [0, 0.05) is 17.9 Å². The molecule has 6 heteroatoms. The number of phenolic OH excluding ortho intramolecular Hbond substituents is 1. The van der Waals surface area contributed by atoms with Crippen LogP contribution in [0.3, 0.4) is 0 Å². The third-order valence-electron chi connectivity index (χ3n) is 4.19. The molecule has 2 N–H and O–H groups in total. The zero-order chi connectivity index (χ0) is 18.4.